The summed E-state index contributed by atoms with van der Waals surface area (Å²) in [5.41, 5.74) is 5.93. The predicted octanol–water partition coefficient (Wildman–Crippen LogP) is 1.33. The number of hydrogen-bond acceptors (Lipinski definition) is 8. The Balaban J connectivity index is 1.04. The highest BCUT2D eigenvalue weighted by Gasteiger charge is 2.32. The lowest BCUT2D eigenvalue weighted by Crippen LogP contribution is -2.50. The molecule has 1 fully saturated rings. The fourth-order valence-corrected chi connectivity index (χ4v) is 5.17. The Kier molecular flexibility index (Phi) is 5.75. The minimum Gasteiger partial charge on any atom is -0.457 e. The van der Waals surface area contributed by atoms with Crippen molar-refractivity contribution in [3.05, 3.63) is 70.5 Å². The lowest BCUT2D eigenvalue weighted by Gasteiger charge is -2.38. The minimum atomic E-state index is -0.227. The highest BCUT2D eigenvalue weighted by molar-refractivity contribution is 5.94. The maximum absolute atomic E-state index is 12.9. The van der Waals surface area contributed by atoms with Crippen LogP contribution in [0.25, 0.3) is 5.69 Å². The Bertz CT molecular complexity index is 1240. The van der Waals surface area contributed by atoms with Gasteiger partial charge in [0.25, 0.3) is 0 Å². The van der Waals surface area contributed by atoms with Crippen LogP contribution in [0.4, 0.5) is 0 Å². The molecule has 6 rings (SSSR count). The van der Waals surface area contributed by atoms with Crippen molar-refractivity contribution in [2.45, 2.75) is 25.6 Å². The van der Waals surface area contributed by atoms with Gasteiger partial charge in [0.15, 0.2) is 0 Å². The second-order valence-corrected chi connectivity index (χ2v) is 9.12. The molecule has 0 bridgehead atoms. The summed E-state index contributed by atoms with van der Waals surface area (Å²) in [7, 11) is 0. The van der Waals surface area contributed by atoms with Crippen molar-refractivity contribution in [1.82, 2.24) is 30.0 Å². The Morgan fingerprint density at radius 3 is 2.63 bits per heavy atom. The number of fused-ring (bicyclic) bond motifs is 3. The van der Waals surface area contributed by atoms with Gasteiger partial charge in [-0.3, -0.25) is 9.69 Å². The largest absolute Gasteiger partial charge is 0.457 e. The smallest absolute Gasteiger partial charge is 0.338 e. The lowest BCUT2D eigenvalue weighted by molar-refractivity contribution is -0.132. The van der Waals surface area contributed by atoms with Gasteiger partial charge >= 0.3 is 5.97 Å². The zero-order valence-electron chi connectivity index (χ0n) is 19.3. The molecule has 180 valence electrons. The van der Waals surface area contributed by atoms with Crippen LogP contribution in [0.5, 0.6) is 0 Å². The quantitative estimate of drug-likeness (QED) is 0.511. The number of nitrogens with zero attached hydrogens (tertiary/aromatic N) is 6. The summed E-state index contributed by atoms with van der Waals surface area (Å²) in [6, 6.07) is 11.6. The van der Waals surface area contributed by atoms with Crippen LogP contribution < -0.4 is 0 Å². The highest BCUT2D eigenvalue weighted by atomic mass is 16.5. The molecule has 0 aliphatic carbocycles. The zero-order chi connectivity index (χ0) is 23.8. The number of esters is 1. The van der Waals surface area contributed by atoms with E-state index in [2.05, 4.69) is 20.4 Å². The number of carbonyl (C=O) groups excluding carboxylic acids is 2. The summed E-state index contributed by atoms with van der Waals surface area (Å²) in [5.74, 6) is -0.0885. The first-order valence-electron chi connectivity index (χ1n) is 11.9. The molecule has 1 atom stereocenters. The van der Waals surface area contributed by atoms with E-state index in [1.54, 1.807) is 11.0 Å². The molecule has 10 nitrogen and oxygen atoms in total. The summed E-state index contributed by atoms with van der Waals surface area (Å²) >= 11 is 0. The predicted molar refractivity (Wildman–Crippen MR) is 124 cm³/mol. The van der Waals surface area contributed by atoms with E-state index in [0.29, 0.717) is 38.3 Å². The molecule has 0 saturated carbocycles. The molecule has 10 heteroatoms. The van der Waals surface area contributed by atoms with E-state index < -0.39 is 0 Å². The standard InChI is InChI=1S/C25H26N6O4/c32-24(13-17-1-3-18(4-2-17)31-16-26-27-28-31)30-10-8-29(9-11-30)14-23-20-5-6-21-22(15-35-25(21)33)19(20)7-12-34-23/h1-6,16,23H,7-15H2. The van der Waals surface area contributed by atoms with Crippen molar-refractivity contribution in [1.29, 1.82) is 0 Å². The average Bonchev–Trinajstić information content (AvgIpc) is 3.56. The van der Waals surface area contributed by atoms with Gasteiger partial charge in [-0.05, 0) is 51.7 Å². The Labute approximate surface area is 202 Å². The van der Waals surface area contributed by atoms with E-state index in [9.17, 15) is 9.59 Å². The third-order valence-corrected chi connectivity index (χ3v) is 7.11. The van der Waals surface area contributed by atoms with Crippen LogP contribution >= 0.6 is 0 Å². The number of carbonyl (C=O) groups is 2. The van der Waals surface area contributed by atoms with Crippen LogP contribution in [-0.4, -0.2) is 81.2 Å². The van der Waals surface area contributed by atoms with Gasteiger partial charge in [0.2, 0.25) is 5.91 Å². The number of piperazine rings is 1. The minimum absolute atomic E-state index is 0.0271. The molecule has 2 aromatic carbocycles. The second-order valence-electron chi connectivity index (χ2n) is 9.12. The molecule has 1 unspecified atom stereocenters. The summed E-state index contributed by atoms with van der Waals surface area (Å²) in [5, 5.41) is 11.2. The van der Waals surface area contributed by atoms with Crippen LogP contribution in [0.1, 0.15) is 38.7 Å². The van der Waals surface area contributed by atoms with Crippen molar-refractivity contribution in [2.75, 3.05) is 39.3 Å². The number of tetrazole rings is 1. The number of ether oxygens (including phenoxy) is 2. The Hall–Kier alpha value is -3.63. The molecule has 1 amide bonds. The number of benzene rings is 2. The molecule has 0 N–H and O–H groups in total. The molecule has 0 radical (unpaired) electrons. The number of cyclic esters (lactones) is 1. The number of amides is 1. The van der Waals surface area contributed by atoms with Crippen LogP contribution in [0, 0.1) is 0 Å². The summed E-state index contributed by atoms with van der Waals surface area (Å²) in [4.78, 5) is 29.1. The molecule has 35 heavy (non-hydrogen) atoms. The van der Waals surface area contributed by atoms with Crippen LogP contribution in [0.2, 0.25) is 0 Å². The fraction of sp³-hybridized carbons (Fsp3) is 0.400. The summed E-state index contributed by atoms with van der Waals surface area (Å²) in [6.45, 7) is 4.82. The van der Waals surface area contributed by atoms with Crippen LogP contribution in [0.15, 0.2) is 42.7 Å². The van der Waals surface area contributed by atoms with Crippen molar-refractivity contribution in [2.24, 2.45) is 0 Å². The molecule has 3 aliphatic heterocycles. The van der Waals surface area contributed by atoms with Gasteiger partial charge in [0.1, 0.15) is 12.9 Å². The third kappa shape index (κ3) is 4.30. The zero-order valence-corrected chi connectivity index (χ0v) is 19.3. The number of rotatable bonds is 5. The first kappa shape index (κ1) is 21.9. The van der Waals surface area contributed by atoms with Crippen LogP contribution in [-0.2, 0) is 33.7 Å². The van der Waals surface area contributed by atoms with Gasteiger partial charge in [-0.25, -0.2) is 9.48 Å². The first-order valence-corrected chi connectivity index (χ1v) is 11.9. The maximum Gasteiger partial charge on any atom is 0.338 e. The molecular formula is C25H26N6O4. The average molecular weight is 475 g/mol. The normalized spacial score (nSPS) is 19.8. The van der Waals surface area contributed by atoms with Crippen molar-refractivity contribution < 1.29 is 19.1 Å². The molecule has 4 heterocycles. The molecule has 1 aromatic heterocycles. The number of aromatic nitrogens is 4. The molecule has 1 saturated heterocycles. The van der Waals surface area contributed by atoms with Gasteiger partial charge in [-0.1, -0.05) is 18.2 Å². The summed E-state index contributed by atoms with van der Waals surface area (Å²) < 4.78 is 12.9. The van der Waals surface area contributed by atoms with E-state index in [1.165, 1.54) is 5.56 Å². The van der Waals surface area contributed by atoms with Gasteiger partial charge in [0.05, 0.1) is 30.4 Å². The molecular weight excluding hydrogens is 448 g/mol. The van der Waals surface area contributed by atoms with E-state index in [0.717, 1.165) is 48.4 Å². The SMILES string of the molecule is O=C1OCc2c1ccc1c2CCOC1CN1CCN(C(=O)Cc2ccc(-n3cnnn3)cc2)CC1. The highest BCUT2D eigenvalue weighted by Crippen LogP contribution is 2.35. The van der Waals surface area contributed by atoms with Crippen molar-refractivity contribution in [3.63, 3.8) is 0 Å². The molecule has 3 aliphatic rings. The van der Waals surface area contributed by atoms with E-state index in [1.807, 2.05) is 41.3 Å². The van der Waals surface area contributed by atoms with Crippen LogP contribution in [0.3, 0.4) is 0 Å². The Morgan fingerprint density at radius 1 is 1.03 bits per heavy atom. The molecule has 3 aromatic rings. The van der Waals surface area contributed by atoms with Gasteiger partial charge in [-0.2, -0.15) is 0 Å². The first-order chi connectivity index (χ1) is 17.2. The number of hydrogen-bond donors (Lipinski definition) is 0. The monoisotopic (exact) mass is 474 g/mol. The van der Waals surface area contributed by atoms with Gasteiger partial charge < -0.3 is 14.4 Å². The van der Waals surface area contributed by atoms with E-state index >= 15 is 0 Å². The van der Waals surface area contributed by atoms with Crippen molar-refractivity contribution >= 4 is 11.9 Å². The Morgan fingerprint density at radius 2 is 1.86 bits per heavy atom. The molecule has 0 spiro atoms. The topological polar surface area (TPSA) is 103 Å². The fourth-order valence-electron chi connectivity index (χ4n) is 5.17. The maximum atomic E-state index is 12.9. The van der Waals surface area contributed by atoms with Crippen molar-refractivity contribution in [3.8, 4) is 5.69 Å². The lowest BCUT2D eigenvalue weighted by atomic mass is 9.90. The third-order valence-electron chi connectivity index (χ3n) is 7.11. The second kappa shape index (κ2) is 9.20. The summed E-state index contributed by atoms with van der Waals surface area (Å²) in [6.07, 6.45) is 2.70. The van der Waals surface area contributed by atoms with Gasteiger partial charge in [-0.15, -0.1) is 5.10 Å². The van der Waals surface area contributed by atoms with E-state index in [4.69, 9.17) is 9.47 Å². The van der Waals surface area contributed by atoms with E-state index in [-0.39, 0.29) is 18.0 Å². The van der Waals surface area contributed by atoms with Gasteiger partial charge in [0, 0.05) is 38.3 Å².